The summed E-state index contributed by atoms with van der Waals surface area (Å²) in [5, 5.41) is 1.07. The number of carbonyl (C=O) groups is 3. The van der Waals surface area contributed by atoms with Crippen LogP contribution in [0.2, 0.25) is 10.0 Å². The van der Waals surface area contributed by atoms with Gasteiger partial charge in [0, 0.05) is 22.3 Å². The molecule has 2 aromatic carbocycles. The van der Waals surface area contributed by atoms with Crippen molar-refractivity contribution >= 4 is 52.6 Å². The smallest absolute Gasteiger partial charge is 0.288 e. The monoisotopic (exact) mass is 407 g/mol. The standard InChI is InChI=1S/C19H15Cl2NO3S/c20-15-7-4-8-16(21)14(15)10-26-11-17(23)22-9-13(18(24)19(22)25)12-5-2-1-3-6-12/h1-8,13H,9-11H2/t13-/m1/s1. The van der Waals surface area contributed by atoms with E-state index in [1.165, 1.54) is 11.8 Å². The number of Topliss-reactive ketones (excluding diaryl/α,β-unsaturated/α-hetero) is 1. The summed E-state index contributed by atoms with van der Waals surface area (Å²) in [5.74, 6) is -1.72. The number of likely N-dealkylation sites (tertiary alicyclic amines) is 1. The summed E-state index contributed by atoms with van der Waals surface area (Å²) in [6.45, 7) is 0.0912. The second kappa shape index (κ2) is 8.25. The lowest BCUT2D eigenvalue weighted by Gasteiger charge is -2.14. The van der Waals surface area contributed by atoms with E-state index in [-0.39, 0.29) is 18.2 Å². The van der Waals surface area contributed by atoms with Crippen molar-refractivity contribution in [3.63, 3.8) is 0 Å². The van der Waals surface area contributed by atoms with E-state index in [9.17, 15) is 14.4 Å². The Kier molecular flexibility index (Phi) is 6.01. The highest BCUT2D eigenvalue weighted by atomic mass is 35.5. The summed E-state index contributed by atoms with van der Waals surface area (Å²) in [6.07, 6.45) is 0. The quantitative estimate of drug-likeness (QED) is 0.704. The Hall–Kier alpha value is -1.82. The van der Waals surface area contributed by atoms with Gasteiger partial charge < -0.3 is 0 Å². The van der Waals surface area contributed by atoms with Crippen molar-refractivity contribution in [3.05, 3.63) is 69.7 Å². The van der Waals surface area contributed by atoms with E-state index in [1.807, 2.05) is 6.07 Å². The summed E-state index contributed by atoms with van der Waals surface area (Å²) < 4.78 is 0. The molecule has 134 valence electrons. The maximum atomic E-state index is 12.4. The Morgan fingerprint density at radius 1 is 1.04 bits per heavy atom. The molecule has 1 heterocycles. The Morgan fingerprint density at radius 2 is 1.69 bits per heavy atom. The van der Waals surface area contributed by atoms with E-state index in [0.717, 1.165) is 16.0 Å². The number of ketones is 1. The first kappa shape index (κ1) is 19.0. The summed E-state index contributed by atoms with van der Waals surface area (Å²) >= 11 is 13.5. The van der Waals surface area contributed by atoms with Gasteiger partial charge in [-0.1, -0.05) is 59.6 Å². The van der Waals surface area contributed by atoms with Gasteiger partial charge in [0.05, 0.1) is 11.7 Å². The first-order valence-corrected chi connectivity index (χ1v) is 9.84. The summed E-state index contributed by atoms with van der Waals surface area (Å²) in [7, 11) is 0. The van der Waals surface area contributed by atoms with Crippen LogP contribution < -0.4 is 0 Å². The molecule has 0 N–H and O–H groups in total. The van der Waals surface area contributed by atoms with Crippen molar-refractivity contribution in [2.24, 2.45) is 0 Å². The Morgan fingerprint density at radius 3 is 2.35 bits per heavy atom. The van der Waals surface area contributed by atoms with Crippen molar-refractivity contribution in [3.8, 4) is 0 Å². The summed E-state index contributed by atoms with van der Waals surface area (Å²) in [5.41, 5.74) is 1.50. The molecule has 3 rings (SSSR count). The highest BCUT2D eigenvalue weighted by molar-refractivity contribution is 7.99. The van der Waals surface area contributed by atoms with Crippen LogP contribution in [0.1, 0.15) is 17.0 Å². The fourth-order valence-corrected chi connectivity index (χ4v) is 4.41. The van der Waals surface area contributed by atoms with Crippen molar-refractivity contribution < 1.29 is 14.4 Å². The number of hydrogen-bond acceptors (Lipinski definition) is 4. The van der Waals surface area contributed by atoms with Gasteiger partial charge in [-0.3, -0.25) is 19.3 Å². The fourth-order valence-electron chi connectivity index (χ4n) is 2.78. The van der Waals surface area contributed by atoms with Crippen molar-refractivity contribution in [2.75, 3.05) is 12.3 Å². The molecule has 4 nitrogen and oxygen atoms in total. The molecule has 0 aromatic heterocycles. The van der Waals surface area contributed by atoms with E-state index in [0.29, 0.717) is 15.8 Å². The zero-order chi connectivity index (χ0) is 18.7. The number of benzene rings is 2. The van der Waals surface area contributed by atoms with Gasteiger partial charge in [0.15, 0.2) is 0 Å². The number of carbonyl (C=O) groups excluding carboxylic acids is 3. The van der Waals surface area contributed by atoms with E-state index in [1.54, 1.807) is 42.5 Å². The van der Waals surface area contributed by atoms with Gasteiger partial charge in [-0.25, -0.2) is 0 Å². The Bertz CT molecular complexity index is 837. The Balaban J connectivity index is 1.62. The molecule has 0 saturated carbocycles. The van der Waals surface area contributed by atoms with Gasteiger partial charge in [0.1, 0.15) is 0 Å². The van der Waals surface area contributed by atoms with Gasteiger partial charge in [-0.15, -0.1) is 11.8 Å². The molecule has 1 aliphatic heterocycles. The van der Waals surface area contributed by atoms with Crippen LogP contribution >= 0.6 is 35.0 Å². The normalized spacial score (nSPS) is 17.0. The predicted octanol–water partition coefficient (Wildman–Crippen LogP) is 3.95. The zero-order valence-corrected chi connectivity index (χ0v) is 16.0. The molecular formula is C19H15Cl2NO3S. The van der Waals surface area contributed by atoms with Gasteiger partial charge in [-0.05, 0) is 23.3 Å². The van der Waals surface area contributed by atoms with Crippen LogP contribution in [0.15, 0.2) is 48.5 Å². The number of rotatable bonds is 5. The second-order valence-corrected chi connectivity index (χ2v) is 7.63. The van der Waals surface area contributed by atoms with Crippen LogP contribution in [0.4, 0.5) is 0 Å². The summed E-state index contributed by atoms with van der Waals surface area (Å²) in [6, 6.07) is 14.3. The van der Waals surface area contributed by atoms with Crippen LogP contribution in [0, 0.1) is 0 Å². The number of amides is 2. The predicted molar refractivity (Wildman–Crippen MR) is 104 cm³/mol. The second-order valence-electron chi connectivity index (χ2n) is 5.83. The molecule has 1 aliphatic rings. The molecule has 2 aromatic rings. The highest BCUT2D eigenvalue weighted by Crippen LogP contribution is 2.29. The molecule has 1 atom stereocenters. The SMILES string of the molecule is O=C1C(=O)N(C(=O)CSCc2c(Cl)cccc2Cl)C[C@@H]1c1ccccc1. The minimum Gasteiger partial charge on any atom is -0.288 e. The number of hydrogen-bond donors (Lipinski definition) is 0. The first-order valence-electron chi connectivity index (χ1n) is 7.93. The molecule has 26 heavy (non-hydrogen) atoms. The fraction of sp³-hybridized carbons (Fsp3) is 0.211. The van der Waals surface area contributed by atoms with Gasteiger partial charge in [-0.2, -0.15) is 0 Å². The molecule has 0 bridgehead atoms. The average Bonchev–Trinajstić information content (AvgIpc) is 2.94. The third-order valence-corrected chi connectivity index (χ3v) is 5.83. The van der Waals surface area contributed by atoms with E-state index in [2.05, 4.69) is 0 Å². The highest BCUT2D eigenvalue weighted by Gasteiger charge is 2.42. The Labute approximate surface area is 165 Å². The van der Waals surface area contributed by atoms with Gasteiger partial charge >= 0.3 is 0 Å². The largest absolute Gasteiger partial charge is 0.297 e. The lowest BCUT2D eigenvalue weighted by atomic mass is 9.97. The van der Waals surface area contributed by atoms with Crippen LogP contribution in [0.25, 0.3) is 0 Å². The van der Waals surface area contributed by atoms with Crippen molar-refractivity contribution in [1.82, 2.24) is 4.90 Å². The van der Waals surface area contributed by atoms with Crippen LogP contribution in [-0.4, -0.2) is 34.8 Å². The number of halogens is 2. The molecule has 0 radical (unpaired) electrons. The molecule has 0 unspecified atom stereocenters. The van der Waals surface area contributed by atoms with Crippen molar-refractivity contribution in [1.29, 1.82) is 0 Å². The maximum Gasteiger partial charge on any atom is 0.297 e. The van der Waals surface area contributed by atoms with Gasteiger partial charge in [0.25, 0.3) is 5.91 Å². The average molecular weight is 408 g/mol. The maximum absolute atomic E-state index is 12.4. The molecule has 0 spiro atoms. The molecule has 7 heteroatoms. The van der Waals surface area contributed by atoms with Crippen LogP contribution in [0.5, 0.6) is 0 Å². The molecule has 2 amide bonds. The first-order chi connectivity index (χ1) is 12.5. The lowest BCUT2D eigenvalue weighted by Crippen LogP contribution is -2.35. The number of imide groups is 1. The molecular weight excluding hydrogens is 393 g/mol. The molecule has 1 saturated heterocycles. The molecule has 1 fully saturated rings. The van der Waals surface area contributed by atoms with Crippen LogP contribution in [-0.2, 0) is 20.1 Å². The van der Waals surface area contributed by atoms with Crippen LogP contribution in [0.3, 0.4) is 0 Å². The van der Waals surface area contributed by atoms with E-state index < -0.39 is 17.6 Å². The van der Waals surface area contributed by atoms with E-state index >= 15 is 0 Å². The van der Waals surface area contributed by atoms with E-state index in [4.69, 9.17) is 23.2 Å². The third-order valence-electron chi connectivity index (χ3n) is 4.17. The van der Waals surface area contributed by atoms with Crippen molar-refractivity contribution in [2.45, 2.75) is 11.7 Å². The minimum absolute atomic E-state index is 0.0715. The summed E-state index contributed by atoms with van der Waals surface area (Å²) in [4.78, 5) is 37.8. The topological polar surface area (TPSA) is 54.5 Å². The number of thioether (sulfide) groups is 1. The lowest BCUT2D eigenvalue weighted by molar-refractivity contribution is -0.146. The molecule has 0 aliphatic carbocycles. The van der Waals surface area contributed by atoms with Gasteiger partial charge in [0.2, 0.25) is 11.7 Å². The minimum atomic E-state index is -0.736. The third kappa shape index (κ3) is 3.95. The zero-order valence-electron chi connectivity index (χ0n) is 13.7. The number of nitrogens with zero attached hydrogens (tertiary/aromatic N) is 1.